The number of nitrogens with zero attached hydrogens (tertiary/aromatic N) is 2. The molecule has 10 aromatic rings. The van der Waals surface area contributed by atoms with Gasteiger partial charge in [0.25, 0.3) is 0 Å². The number of thiophene rings is 1. The fourth-order valence-corrected chi connectivity index (χ4v) is 8.45. The van der Waals surface area contributed by atoms with Crippen molar-refractivity contribution in [2.24, 2.45) is 0 Å². The van der Waals surface area contributed by atoms with Gasteiger partial charge in [-0.25, -0.2) is 0 Å². The van der Waals surface area contributed by atoms with E-state index in [9.17, 15) is 0 Å². The summed E-state index contributed by atoms with van der Waals surface area (Å²) in [5.41, 5.74) is 8.20. The second-order valence-corrected chi connectivity index (χ2v) is 14.0. The molecule has 2 nitrogen and oxygen atoms in total. The van der Waals surface area contributed by atoms with E-state index in [0.29, 0.717) is 0 Å². The molecule has 3 heteroatoms. The predicted molar refractivity (Wildman–Crippen MR) is 215 cm³/mol. The molecular formula is C47H30N2S. The van der Waals surface area contributed by atoms with Gasteiger partial charge in [0.15, 0.2) is 0 Å². The second kappa shape index (κ2) is 11.7. The summed E-state index contributed by atoms with van der Waals surface area (Å²) in [6, 6.07) is 62.0. The molecule has 0 aliphatic rings. The molecule has 0 aliphatic heterocycles. The molecule has 0 saturated heterocycles. The van der Waals surface area contributed by atoms with Gasteiger partial charge in [-0.3, -0.25) is 4.98 Å². The first-order valence-electron chi connectivity index (χ1n) is 16.9. The number of anilines is 3. The molecule has 0 saturated carbocycles. The van der Waals surface area contributed by atoms with E-state index in [1.165, 1.54) is 74.7 Å². The molecular weight excluding hydrogens is 625 g/mol. The van der Waals surface area contributed by atoms with E-state index in [2.05, 4.69) is 180 Å². The van der Waals surface area contributed by atoms with Gasteiger partial charge in [0.1, 0.15) is 0 Å². The van der Waals surface area contributed by atoms with Gasteiger partial charge >= 0.3 is 0 Å². The Balaban J connectivity index is 1.08. The first-order chi connectivity index (χ1) is 24.7. The summed E-state index contributed by atoms with van der Waals surface area (Å²) in [5.74, 6) is 0. The third-order valence-corrected chi connectivity index (χ3v) is 11.0. The van der Waals surface area contributed by atoms with E-state index in [4.69, 9.17) is 0 Å². The summed E-state index contributed by atoms with van der Waals surface area (Å²) in [4.78, 5) is 6.73. The number of rotatable bonds is 5. The zero-order valence-electron chi connectivity index (χ0n) is 27.1. The van der Waals surface area contributed by atoms with Crippen LogP contribution in [0.15, 0.2) is 182 Å². The average molecular weight is 655 g/mol. The summed E-state index contributed by atoms with van der Waals surface area (Å²) in [6.45, 7) is 0. The minimum absolute atomic E-state index is 1.12. The van der Waals surface area contributed by atoms with Crippen LogP contribution in [0.25, 0.3) is 74.7 Å². The average Bonchev–Trinajstić information content (AvgIpc) is 3.53. The van der Waals surface area contributed by atoms with E-state index < -0.39 is 0 Å². The first-order valence-corrected chi connectivity index (χ1v) is 17.7. The lowest BCUT2D eigenvalue weighted by atomic mass is 10.00. The fraction of sp³-hybridized carbons (Fsp3) is 0. The second-order valence-electron chi connectivity index (χ2n) is 12.9. The van der Waals surface area contributed by atoms with Crippen LogP contribution in [0.1, 0.15) is 0 Å². The van der Waals surface area contributed by atoms with Crippen molar-refractivity contribution in [3.8, 4) is 22.3 Å². The normalized spacial score (nSPS) is 11.6. The number of hydrogen-bond donors (Lipinski definition) is 0. The topological polar surface area (TPSA) is 16.1 Å². The smallest absolute Gasteiger partial charge is 0.0476 e. The molecule has 0 amide bonds. The Morgan fingerprint density at radius 1 is 0.360 bits per heavy atom. The van der Waals surface area contributed by atoms with Gasteiger partial charge in [-0.1, -0.05) is 103 Å². The summed E-state index contributed by atoms with van der Waals surface area (Å²) in [7, 11) is 0. The van der Waals surface area contributed by atoms with Crippen molar-refractivity contribution < 1.29 is 0 Å². The van der Waals surface area contributed by atoms with Crippen LogP contribution in [0, 0.1) is 0 Å². The zero-order valence-corrected chi connectivity index (χ0v) is 27.9. The Labute approximate surface area is 294 Å². The van der Waals surface area contributed by atoms with Crippen LogP contribution in [-0.2, 0) is 0 Å². The highest BCUT2D eigenvalue weighted by molar-refractivity contribution is 7.25. The first kappa shape index (κ1) is 28.7. The molecule has 0 aliphatic carbocycles. The van der Waals surface area contributed by atoms with Crippen LogP contribution in [0.5, 0.6) is 0 Å². The van der Waals surface area contributed by atoms with Gasteiger partial charge in [0, 0.05) is 55.0 Å². The third kappa shape index (κ3) is 4.99. The van der Waals surface area contributed by atoms with Crippen molar-refractivity contribution in [2.45, 2.75) is 0 Å². The van der Waals surface area contributed by atoms with Crippen LogP contribution in [0.4, 0.5) is 17.1 Å². The largest absolute Gasteiger partial charge is 0.310 e. The van der Waals surface area contributed by atoms with Crippen molar-refractivity contribution in [3.05, 3.63) is 182 Å². The Morgan fingerprint density at radius 2 is 0.880 bits per heavy atom. The van der Waals surface area contributed by atoms with Crippen molar-refractivity contribution in [1.82, 2.24) is 4.98 Å². The molecule has 0 atom stereocenters. The molecule has 0 spiro atoms. The molecule has 0 N–H and O–H groups in total. The van der Waals surface area contributed by atoms with Crippen LogP contribution in [-0.4, -0.2) is 4.98 Å². The standard InChI is InChI=1S/C47H30N2S/c1-3-7-35-25-37(11-9-31(35)5-1)33-13-17-41(18-14-33)49(42-19-15-34(16-20-42)38-12-10-32-6-2-4-8-36(32)26-38)43-21-22-44-45-27-39-23-24-48-30-40(39)28-46(45)50-47(44)29-43/h1-30H. The van der Waals surface area contributed by atoms with Crippen LogP contribution >= 0.6 is 11.3 Å². The molecule has 2 heterocycles. The lowest BCUT2D eigenvalue weighted by molar-refractivity contribution is 1.29. The molecule has 0 fully saturated rings. The zero-order chi connectivity index (χ0) is 33.0. The summed E-state index contributed by atoms with van der Waals surface area (Å²) >= 11 is 1.85. The molecule has 8 aromatic carbocycles. The summed E-state index contributed by atoms with van der Waals surface area (Å²) in [5, 5.41) is 9.99. The van der Waals surface area contributed by atoms with E-state index in [0.717, 1.165) is 17.1 Å². The van der Waals surface area contributed by atoms with Gasteiger partial charge < -0.3 is 4.90 Å². The Kier molecular flexibility index (Phi) is 6.71. The highest BCUT2D eigenvalue weighted by atomic mass is 32.1. The van der Waals surface area contributed by atoms with E-state index in [1.54, 1.807) is 0 Å². The van der Waals surface area contributed by atoms with Crippen LogP contribution < -0.4 is 4.90 Å². The monoisotopic (exact) mass is 654 g/mol. The minimum atomic E-state index is 1.12. The highest BCUT2D eigenvalue weighted by Crippen LogP contribution is 2.42. The lowest BCUT2D eigenvalue weighted by Crippen LogP contribution is -2.09. The van der Waals surface area contributed by atoms with Crippen LogP contribution in [0.2, 0.25) is 0 Å². The van der Waals surface area contributed by atoms with E-state index in [1.807, 2.05) is 23.7 Å². The Hall–Kier alpha value is -6.29. The van der Waals surface area contributed by atoms with Crippen LogP contribution in [0.3, 0.4) is 0 Å². The Morgan fingerprint density at radius 3 is 1.50 bits per heavy atom. The number of hydrogen-bond acceptors (Lipinski definition) is 3. The van der Waals surface area contributed by atoms with Gasteiger partial charge in [-0.05, 0) is 116 Å². The molecule has 0 unspecified atom stereocenters. The summed E-state index contributed by atoms with van der Waals surface area (Å²) in [6.07, 6.45) is 3.82. The SMILES string of the molecule is c1ccc2cc(-c3ccc(N(c4ccc(-c5ccc6ccccc6c5)cc4)c4ccc5c(c4)sc4cc6cnccc6cc45)cc3)ccc2c1. The molecule has 50 heavy (non-hydrogen) atoms. The van der Waals surface area contributed by atoms with Gasteiger partial charge in [-0.15, -0.1) is 11.3 Å². The molecule has 10 rings (SSSR count). The number of aromatic nitrogens is 1. The van der Waals surface area contributed by atoms with Crippen molar-refractivity contribution >= 4 is 80.9 Å². The van der Waals surface area contributed by atoms with E-state index >= 15 is 0 Å². The molecule has 0 bridgehead atoms. The maximum Gasteiger partial charge on any atom is 0.0476 e. The van der Waals surface area contributed by atoms with Gasteiger partial charge in [-0.2, -0.15) is 0 Å². The lowest BCUT2D eigenvalue weighted by Gasteiger charge is -2.26. The maximum atomic E-state index is 4.35. The maximum absolute atomic E-state index is 4.35. The fourth-order valence-electron chi connectivity index (χ4n) is 7.28. The predicted octanol–water partition coefficient (Wildman–Crippen LogP) is 13.7. The number of benzene rings is 8. The van der Waals surface area contributed by atoms with Gasteiger partial charge in [0.05, 0.1) is 0 Å². The van der Waals surface area contributed by atoms with Gasteiger partial charge in [0.2, 0.25) is 0 Å². The van der Waals surface area contributed by atoms with Crippen molar-refractivity contribution in [2.75, 3.05) is 4.90 Å². The quantitative estimate of drug-likeness (QED) is 0.184. The van der Waals surface area contributed by atoms with E-state index in [-0.39, 0.29) is 0 Å². The Bertz CT molecular complexity index is 2750. The molecule has 2 aromatic heterocycles. The van der Waals surface area contributed by atoms with Crippen molar-refractivity contribution in [1.29, 1.82) is 0 Å². The highest BCUT2D eigenvalue weighted by Gasteiger charge is 2.16. The molecule has 234 valence electrons. The molecule has 0 radical (unpaired) electrons. The summed E-state index contributed by atoms with van der Waals surface area (Å²) < 4.78 is 2.55. The third-order valence-electron chi connectivity index (χ3n) is 9.89. The minimum Gasteiger partial charge on any atom is -0.310 e. The van der Waals surface area contributed by atoms with Crippen molar-refractivity contribution in [3.63, 3.8) is 0 Å². The number of fused-ring (bicyclic) bond motifs is 6. The number of pyridine rings is 1.